The number of carbonyl (C=O) groups excluding carboxylic acids is 1. The first-order valence-electron chi connectivity index (χ1n) is 8.53. The van der Waals surface area contributed by atoms with Gasteiger partial charge in [0.25, 0.3) is 0 Å². The van der Waals surface area contributed by atoms with Crippen LogP contribution in [0, 0.1) is 0 Å². The van der Waals surface area contributed by atoms with Crippen LogP contribution in [0.1, 0.15) is 21.5 Å². The number of methoxy groups -OCH3 is 1. The van der Waals surface area contributed by atoms with Gasteiger partial charge >= 0.3 is 0 Å². The van der Waals surface area contributed by atoms with E-state index in [1.165, 1.54) is 5.56 Å². The number of halogens is 1. The molecule has 4 nitrogen and oxygen atoms in total. The van der Waals surface area contributed by atoms with Crippen LogP contribution in [0.3, 0.4) is 0 Å². The topological polar surface area (TPSA) is 44.1 Å². The predicted octanol–water partition coefficient (Wildman–Crippen LogP) is 5.09. The van der Waals surface area contributed by atoms with E-state index < -0.39 is 0 Å². The lowest BCUT2D eigenvalue weighted by atomic mass is 10.0. The highest BCUT2D eigenvalue weighted by atomic mass is 79.9. The molecule has 4 aromatic rings. The van der Waals surface area contributed by atoms with Crippen LogP contribution in [0.4, 0.5) is 0 Å². The van der Waals surface area contributed by atoms with Crippen molar-refractivity contribution in [1.29, 1.82) is 0 Å². The summed E-state index contributed by atoms with van der Waals surface area (Å²) in [6.07, 6.45) is 3.51. The molecule has 134 valence electrons. The molecule has 0 fully saturated rings. The van der Waals surface area contributed by atoms with Gasteiger partial charge in [0.1, 0.15) is 10.4 Å². The first-order valence-corrected chi connectivity index (χ1v) is 9.32. The van der Waals surface area contributed by atoms with Crippen LogP contribution < -0.4 is 4.74 Å². The maximum atomic E-state index is 13.1. The highest BCUT2D eigenvalue weighted by Gasteiger charge is 2.18. The average molecular weight is 421 g/mol. The Morgan fingerprint density at radius 1 is 1.11 bits per heavy atom. The molecule has 0 bridgehead atoms. The van der Waals surface area contributed by atoms with Crippen molar-refractivity contribution in [3.8, 4) is 5.75 Å². The van der Waals surface area contributed by atoms with Crippen molar-refractivity contribution >= 4 is 32.6 Å². The molecule has 0 atom stereocenters. The molecule has 0 saturated heterocycles. The highest BCUT2D eigenvalue weighted by molar-refractivity contribution is 9.10. The molecule has 0 N–H and O–H groups in total. The number of ether oxygens (including phenoxy) is 1. The summed E-state index contributed by atoms with van der Waals surface area (Å²) in [5.74, 6) is 0.719. The molecule has 0 saturated carbocycles. The summed E-state index contributed by atoms with van der Waals surface area (Å²) in [5.41, 5.74) is 3.36. The molecule has 0 amide bonds. The molecule has 0 aliphatic rings. The smallest absolute Gasteiger partial charge is 0.196 e. The third kappa shape index (κ3) is 3.51. The Morgan fingerprint density at radius 2 is 1.93 bits per heavy atom. The third-order valence-electron chi connectivity index (χ3n) is 4.52. The molecular weight excluding hydrogens is 404 g/mol. The van der Waals surface area contributed by atoms with Crippen molar-refractivity contribution in [3.05, 3.63) is 94.4 Å². The number of nitrogens with zero attached hydrogens (tertiary/aromatic N) is 2. The van der Waals surface area contributed by atoms with Crippen molar-refractivity contribution < 1.29 is 9.53 Å². The summed E-state index contributed by atoms with van der Waals surface area (Å²) in [6.45, 7) is 0.677. The Hall–Kier alpha value is -2.92. The fourth-order valence-electron chi connectivity index (χ4n) is 3.16. The standard InChI is InChI=1S/C22H17BrN2O2/c1-27-17-8-9-18-19(22(26)16-7-10-21(23)24-12-16)14-25(20(18)11-17)13-15-5-3-2-4-6-15/h2-12,14H,13H2,1H3. The number of rotatable bonds is 5. The minimum absolute atomic E-state index is 0.0445. The maximum absolute atomic E-state index is 13.1. The second-order valence-corrected chi connectivity index (χ2v) is 7.05. The number of fused-ring (bicyclic) bond motifs is 1. The van der Waals surface area contributed by atoms with Gasteiger partial charge in [-0.25, -0.2) is 4.98 Å². The first kappa shape index (κ1) is 17.5. The van der Waals surface area contributed by atoms with Gasteiger partial charge in [0.05, 0.1) is 12.6 Å². The lowest BCUT2D eigenvalue weighted by Gasteiger charge is -2.06. The number of benzene rings is 2. The van der Waals surface area contributed by atoms with E-state index in [0.29, 0.717) is 22.3 Å². The Balaban J connectivity index is 1.83. The van der Waals surface area contributed by atoms with E-state index in [4.69, 9.17) is 4.74 Å². The Kier molecular flexibility index (Phi) is 4.77. The van der Waals surface area contributed by atoms with Crippen LogP contribution in [0.25, 0.3) is 10.9 Å². The zero-order valence-electron chi connectivity index (χ0n) is 14.7. The second kappa shape index (κ2) is 7.37. The summed E-state index contributed by atoms with van der Waals surface area (Å²) < 4.78 is 8.18. The molecule has 2 aromatic carbocycles. The van der Waals surface area contributed by atoms with Crippen molar-refractivity contribution in [2.24, 2.45) is 0 Å². The predicted molar refractivity (Wildman–Crippen MR) is 109 cm³/mol. The van der Waals surface area contributed by atoms with Crippen molar-refractivity contribution in [3.63, 3.8) is 0 Å². The average Bonchev–Trinajstić information content (AvgIpc) is 3.06. The SMILES string of the molecule is COc1ccc2c(C(=O)c3ccc(Br)nc3)cn(Cc3ccccc3)c2c1. The van der Waals surface area contributed by atoms with Gasteiger partial charge in [-0.2, -0.15) is 0 Å². The maximum Gasteiger partial charge on any atom is 0.196 e. The van der Waals surface area contributed by atoms with Crippen LogP contribution >= 0.6 is 15.9 Å². The van der Waals surface area contributed by atoms with E-state index >= 15 is 0 Å². The molecule has 2 heterocycles. The zero-order chi connectivity index (χ0) is 18.8. The van der Waals surface area contributed by atoms with Gasteiger partial charge in [-0.3, -0.25) is 4.79 Å². The van der Waals surface area contributed by atoms with Gasteiger partial charge in [-0.1, -0.05) is 30.3 Å². The highest BCUT2D eigenvalue weighted by Crippen LogP contribution is 2.28. The van der Waals surface area contributed by atoms with Crippen molar-refractivity contribution in [2.45, 2.75) is 6.54 Å². The number of hydrogen-bond donors (Lipinski definition) is 0. The van der Waals surface area contributed by atoms with Crippen molar-refractivity contribution in [2.75, 3.05) is 7.11 Å². The fourth-order valence-corrected chi connectivity index (χ4v) is 3.39. The largest absolute Gasteiger partial charge is 0.497 e. The number of ketones is 1. The fraction of sp³-hybridized carbons (Fsp3) is 0.0909. The number of aromatic nitrogens is 2. The van der Waals surface area contributed by atoms with Crippen LogP contribution in [0.2, 0.25) is 0 Å². The van der Waals surface area contributed by atoms with E-state index in [9.17, 15) is 4.79 Å². The minimum atomic E-state index is -0.0445. The second-order valence-electron chi connectivity index (χ2n) is 6.24. The van der Waals surface area contributed by atoms with Gasteiger partial charge in [0.15, 0.2) is 5.78 Å². The Labute approximate surface area is 165 Å². The number of hydrogen-bond acceptors (Lipinski definition) is 3. The van der Waals surface area contributed by atoms with Gasteiger partial charge in [0, 0.05) is 41.5 Å². The molecule has 2 aromatic heterocycles. The quantitative estimate of drug-likeness (QED) is 0.333. The minimum Gasteiger partial charge on any atom is -0.497 e. The Morgan fingerprint density at radius 3 is 2.63 bits per heavy atom. The molecule has 27 heavy (non-hydrogen) atoms. The van der Waals surface area contributed by atoms with E-state index in [1.54, 1.807) is 25.4 Å². The normalized spacial score (nSPS) is 10.9. The Bertz CT molecular complexity index is 1100. The van der Waals surface area contributed by atoms with Gasteiger partial charge in [-0.15, -0.1) is 0 Å². The molecule has 0 unspecified atom stereocenters. The van der Waals surface area contributed by atoms with Crippen molar-refractivity contribution in [1.82, 2.24) is 9.55 Å². The van der Waals surface area contributed by atoms with Crippen LogP contribution in [-0.4, -0.2) is 22.4 Å². The summed E-state index contributed by atoms with van der Waals surface area (Å²) in [5, 5.41) is 0.902. The summed E-state index contributed by atoms with van der Waals surface area (Å²) in [6, 6.07) is 19.5. The molecule has 0 aliphatic heterocycles. The summed E-state index contributed by atoms with van der Waals surface area (Å²) in [4.78, 5) is 17.3. The zero-order valence-corrected chi connectivity index (χ0v) is 16.3. The number of carbonyl (C=O) groups is 1. The van der Waals surface area contributed by atoms with E-state index in [-0.39, 0.29) is 5.78 Å². The summed E-state index contributed by atoms with van der Waals surface area (Å²) >= 11 is 3.31. The lowest BCUT2D eigenvalue weighted by molar-refractivity contribution is 0.103. The van der Waals surface area contributed by atoms with E-state index in [2.05, 4.69) is 37.6 Å². The van der Waals surface area contributed by atoms with Gasteiger partial charge < -0.3 is 9.30 Å². The molecule has 4 rings (SSSR count). The van der Waals surface area contributed by atoms with Gasteiger partial charge in [-0.05, 0) is 45.8 Å². The van der Waals surface area contributed by atoms with Crippen LogP contribution in [-0.2, 0) is 6.54 Å². The molecule has 5 heteroatoms. The molecule has 0 aliphatic carbocycles. The summed E-state index contributed by atoms with van der Waals surface area (Å²) in [7, 11) is 1.64. The van der Waals surface area contributed by atoms with Gasteiger partial charge in [0.2, 0.25) is 0 Å². The first-order chi connectivity index (χ1) is 13.2. The molecular formula is C22H17BrN2O2. The van der Waals surface area contributed by atoms with Crippen LogP contribution in [0.15, 0.2) is 77.7 Å². The van der Waals surface area contributed by atoms with E-state index in [0.717, 1.165) is 16.7 Å². The van der Waals surface area contributed by atoms with E-state index in [1.807, 2.05) is 42.6 Å². The lowest BCUT2D eigenvalue weighted by Crippen LogP contribution is -2.02. The van der Waals surface area contributed by atoms with Crippen LogP contribution in [0.5, 0.6) is 5.75 Å². The third-order valence-corrected chi connectivity index (χ3v) is 4.99. The number of pyridine rings is 1. The molecule has 0 radical (unpaired) electrons. The molecule has 0 spiro atoms. The monoisotopic (exact) mass is 420 g/mol.